The fraction of sp³-hybridized carbons (Fsp3) is 0.400. The Morgan fingerprint density at radius 2 is 1.95 bits per heavy atom. The number of aromatic nitrogens is 1. The van der Waals surface area contributed by atoms with Crippen LogP contribution in [0.1, 0.15) is 5.69 Å². The Labute approximate surface area is 124 Å². The molecule has 0 unspecified atom stereocenters. The van der Waals surface area contributed by atoms with E-state index in [1.165, 1.54) is 0 Å². The first kappa shape index (κ1) is 15.3. The van der Waals surface area contributed by atoms with Crippen molar-refractivity contribution in [2.24, 2.45) is 0 Å². The predicted molar refractivity (Wildman–Crippen MR) is 78.6 cm³/mol. The summed E-state index contributed by atoms with van der Waals surface area (Å²) in [4.78, 5) is 4.44. The summed E-state index contributed by atoms with van der Waals surface area (Å²) in [5, 5.41) is 3.22. The Morgan fingerprint density at radius 3 is 2.67 bits per heavy atom. The van der Waals surface area contributed by atoms with E-state index in [1.807, 2.05) is 18.2 Å². The van der Waals surface area contributed by atoms with Crippen molar-refractivity contribution in [2.75, 3.05) is 34.5 Å². The summed E-state index contributed by atoms with van der Waals surface area (Å²) >= 11 is 0. The summed E-state index contributed by atoms with van der Waals surface area (Å²) in [5.41, 5.74) is 1.69. The van der Waals surface area contributed by atoms with Crippen molar-refractivity contribution in [1.29, 1.82) is 0 Å². The normalized spacial score (nSPS) is 10.6. The van der Waals surface area contributed by atoms with Gasteiger partial charge in [-0.15, -0.1) is 0 Å². The van der Waals surface area contributed by atoms with Gasteiger partial charge in [0.2, 0.25) is 5.89 Å². The zero-order chi connectivity index (χ0) is 15.1. The topological polar surface area (TPSA) is 65.8 Å². The van der Waals surface area contributed by atoms with Crippen LogP contribution in [0, 0.1) is 0 Å². The molecule has 0 aliphatic rings. The summed E-state index contributed by atoms with van der Waals surface area (Å²) in [6, 6.07) is 5.55. The van der Waals surface area contributed by atoms with Crippen LogP contribution >= 0.6 is 0 Å². The monoisotopic (exact) mass is 292 g/mol. The largest absolute Gasteiger partial charge is 0.493 e. The molecule has 0 aliphatic carbocycles. The number of oxazole rings is 1. The molecule has 0 spiro atoms. The molecule has 2 aromatic rings. The van der Waals surface area contributed by atoms with Gasteiger partial charge in [0.25, 0.3) is 0 Å². The maximum absolute atomic E-state index is 5.50. The van der Waals surface area contributed by atoms with Gasteiger partial charge in [-0.25, -0.2) is 4.98 Å². The van der Waals surface area contributed by atoms with E-state index < -0.39 is 0 Å². The van der Waals surface area contributed by atoms with E-state index in [4.69, 9.17) is 18.6 Å². The Balaban J connectivity index is 2.06. The summed E-state index contributed by atoms with van der Waals surface area (Å²) < 4.78 is 21.0. The number of hydrogen-bond donors (Lipinski definition) is 1. The third kappa shape index (κ3) is 3.96. The van der Waals surface area contributed by atoms with Crippen molar-refractivity contribution in [1.82, 2.24) is 10.3 Å². The minimum absolute atomic E-state index is 0.555. The van der Waals surface area contributed by atoms with Crippen molar-refractivity contribution in [3.8, 4) is 23.0 Å². The van der Waals surface area contributed by atoms with Crippen LogP contribution in [0.2, 0.25) is 0 Å². The lowest BCUT2D eigenvalue weighted by molar-refractivity contribution is 0.199. The quantitative estimate of drug-likeness (QED) is 0.752. The Morgan fingerprint density at radius 1 is 1.14 bits per heavy atom. The Bertz CT molecular complexity index is 569. The molecule has 6 heteroatoms. The number of nitrogens with one attached hydrogen (secondary N) is 1. The first-order valence-corrected chi connectivity index (χ1v) is 6.65. The number of methoxy groups -OCH3 is 3. The highest BCUT2D eigenvalue weighted by molar-refractivity contribution is 5.60. The zero-order valence-corrected chi connectivity index (χ0v) is 12.5. The standard InChI is InChI=1S/C15H20N2O4/c1-18-7-6-16-9-12-10-21-15(17-12)11-4-5-13(19-2)14(8-11)20-3/h4-5,8,10,16H,6-7,9H2,1-3H3. The molecule has 0 aliphatic heterocycles. The van der Waals surface area contributed by atoms with Gasteiger partial charge in [0.1, 0.15) is 6.26 Å². The van der Waals surface area contributed by atoms with Gasteiger partial charge in [-0.2, -0.15) is 0 Å². The van der Waals surface area contributed by atoms with Crippen LogP contribution in [0.25, 0.3) is 11.5 Å². The van der Waals surface area contributed by atoms with Gasteiger partial charge in [-0.3, -0.25) is 0 Å². The summed E-state index contributed by atoms with van der Waals surface area (Å²) in [6.07, 6.45) is 1.64. The third-order valence-electron chi connectivity index (χ3n) is 2.97. The van der Waals surface area contributed by atoms with Crippen LogP contribution in [0.4, 0.5) is 0 Å². The molecule has 1 N–H and O–H groups in total. The van der Waals surface area contributed by atoms with Crippen molar-refractivity contribution in [3.05, 3.63) is 30.2 Å². The highest BCUT2D eigenvalue weighted by Gasteiger charge is 2.10. The molecule has 1 heterocycles. The molecule has 0 amide bonds. The Kier molecular flexibility index (Phi) is 5.59. The van der Waals surface area contributed by atoms with E-state index in [0.29, 0.717) is 30.5 Å². The Hall–Kier alpha value is -2.05. The number of benzene rings is 1. The highest BCUT2D eigenvalue weighted by Crippen LogP contribution is 2.31. The van der Waals surface area contributed by atoms with Crippen LogP contribution in [0.3, 0.4) is 0 Å². The first-order valence-electron chi connectivity index (χ1n) is 6.65. The van der Waals surface area contributed by atoms with E-state index in [0.717, 1.165) is 17.8 Å². The average Bonchev–Trinajstić information content (AvgIpc) is 2.99. The molecule has 6 nitrogen and oxygen atoms in total. The van der Waals surface area contributed by atoms with Gasteiger partial charge < -0.3 is 23.9 Å². The van der Waals surface area contributed by atoms with Gasteiger partial charge >= 0.3 is 0 Å². The van der Waals surface area contributed by atoms with Crippen LogP contribution in [0.5, 0.6) is 11.5 Å². The van der Waals surface area contributed by atoms with E-state index in [9.17, 15) is 0 Å². The van der Waals surface area contributed by atoms with E-state index >= 15 is 0 Å². The molecule has 21 heavy (non-hydrogen) atoms. The highest BCUT2D eigenvalue weighted by atomic mass is 16.5. The van der Waals surface area contributed by atoms with E-state index in [1.54, 1.807) is 27.6 Å². The van der Waals surface area contributed by atoms with Gasteiger partial charge in [0, 0.05) is 25.8 Å². The molecule has 0 atom stereocenters. The van der Waals surface area contributed by atoms with Crippen molar-refractivity contribution in [3.63, 3.8) is 0 Å². The van der Waals surface area contributed by atoms with Crippen molar-refractivity contribution < 1.29 is 18.6 Å². The first-order chi connectivity index (χ1) is 10.3. The lowest BCUT2D eigenvalue weighted by Crippen LogP contribution is -2.18. The number of rotatable bonds is 8. The fourth-order valence-corrected chi connectivity index (χ4v) is 1.88. The van der Waals surface area contributed by atoms with Crippen LogP contribution in [-0.4, -0.2) is 39.5 Å². The molecule has 0 radical (unpaired) electrons. The second-order valence-electron chi connectivity index (χ2n) is 4.38. The third-order valence-corrected chi connectivity index (χ3v) is 2.97. The second kappa shape index (κ2) is 7.66. The smallest absolute Gasteiger partial charge is 0.226 e. The molecule has 114 valence electrons. The lowest BCUT2D eigenvalue weighted by Gasteiger charge is -2.07. The predicted octanol–water partition coefficient (Wildman–Crippen LogP) is 2.09. The molecule has 2 rings (SSSR count). The number of nitrogens with zero attached hydrogens (tertiary/aromatic N) is 1. The second-order valence-corrected chi connectivity index (χ2v) is 4.38. The lowest BCUT2D eigenvalue weighted by atomic mass is 10.2. The van der Waals surface area contributed by atoms with Gasteiger partial charge in [-0.05, 0) is 18.2 Å². The maximum atomic E-state index is 5.50. The summed E-state index contributed by atoms with van der Waals surface area (Å²) in [6.45, 7) is 2.08. The summed E-state index contributed by atoms with van der Waals surface area (Å²) in [5.74, 6) is 1.88. The maximum Gasteiger partial charge on any atom is 0.226 e. The average molecular weight is 292 g/mol. The molecule has 1 aromatic heterocycles. The molecule has 1 aromatic carbocycles. The van der Waals surface area contributed by atoms with Crippen LogP contribution < -0.4 is 14.8 Å². The summed E-state index contributed by atoms with van der Waals surface area (Å²) in [7, 11) is 4.88. The zero-order valence-electron chi connectivity index (χ0n) is 12.5. The molecule has 0 saturated carbocycles. The van der Waals surface area contributed by atoms with Gasteiger partial charge in [-0.1, -0.05) is 0 Å². The molecular weight excluding hydrogens is 272 g/mol. The van der Waals surface area contributed by atoms with Gasteiger partial charge in [0.05, 0.1) is 26.5 Å². The minimum Gasteiger partial charge on any atom is -0.493 e. The minimum atomic E-state index is 0.555. The van der Waals surface area contributed by atoms with Crippen molar-refractivity contribution in [2.45, 2.75) is 6.54 Å². The fourth-order valence-electron chi connectivity index (χ4n) is 1.88. The van der Waals surface area contributed by atoms with E-state index in [-0.39, 0.29) is 0 Å². The molecule has 0 saturated heterocycles. The number of hydrogen-bond acceptors (Lipinski definition) is 6. The van der Waals surface area contributed by atoms with Crippen LogP contribution in [0.15, 0.2) is 28.9 Å². The van der Waals surface area contributed by atoms with Crippen LogP contribution in [-0.2, 0) is 11.3 Å². The SMILES string of the molecule is COCCNCc1coc(-c2ccc(OC)c(OC)c2)n1. The number of ether oxygens (including phenoxy) is 3. The van der Waals surface area contributed by atoms with Gasteiger partial charge in [0.15, 0.2) is 11.5 Å². The molecule has 0 bridgehead atoms. The van der Waals surface area contributed by atoms with E-state index in [2.05, 4.69) is 10.3 Å². The molecule has 0 fully saturated rings. The van der Waals surface area contributed by atoms with Crippen molar-refractivity contribution >= 4 is 0 Å². The molecular formula is C15H20N2O4.